The molecule has 3 heterocycles. The number of rotatable bonds is 7. The fourth-order valence-electron chi connectivity index (χ4n) is 5.63. The lowest BCUT2D eigenvalue weighted by atomic mass is 9.91. The quantitative estimate of drug-likeness (QED) is 0.495. The summed E-state index contributed by atoms with van der Waals surface area (Å²) in [6.45, 7) is 5.34. The van der Waals surface area contributed by atoms with E-state index in [1.165, 1.54) is 18.4 Å². The van der Waals surface area contributed by atoms with Crippen LogP contribution in [0.15, 0.2) is 48.5 Å². The molecule has 37 heavy (non-hydrogen) atoms. The van der Waals surface area contributed by atoms with Crippen molar-refractivity contribution in [2.75, 3.05) is 51.4 Å². The number of benzene rings is 2. The van der Waals surface area contributed by atoms with E-state index in [0.717, 1.165) is 62.0 Å². The minimum Gasteiger partial charge on any atom is -0.497 e. The molecule has 1 saturated carbocycles. The van der Waals surface area contributed by atoms with Gasteiger partial charge in [-0.15, -0.1) is 0 Å². The third-order valence-electron chi connectivity index (χ3n) is 8.09. The van der Waals surface area contributed by atoms with Gasteiger partial charge in [0.05, 0.1) is 26.0 Å². The van der Waals surface area contributed by atoms with Crippen LogP contribution in [-0.2, 0) is 16.6 Å². The van der Waals surface area contributed by atoms with E-state index in [2.05, 4.69) is 40.3 Å². The van der Waals surface area contributed by atoms with Crippen molar-refractivity contribution < 1.29 is 14.3 Å². The van der Waals surface area contributed by atoms with Crippen LogP contribution in [0, 0.1) is 11.3 Å². The van der Waals surface area contributed by atoms with Gasteiger partial charge in [0.15, 0.2) is 5.69 Å². The molecule has 0 N–H and O–H groups in total. The Balaban J connectivity index is 1.23. The Hall–Kier alpha value is -3.67. The van der Waals surface area contributed by atoms with Crippen LogP contribution < -0.4 is 9.64 Å². The van der Waals surface area contributed by atoms with Crippen molar-refractivity contribution in [1.82, 2.24) is 14.7 Å². The van der Waals surface area contributed by atoms with Crippen molar-refractivity contribution in [3.8, 4) is 17.5 Å². The van der Waals surface area contributed by atoms with Crippen LogP contribution in [0.3, 0.4) is 0 Å². The van der Waals surface area contributed by atoms with Crippen LogP contribution in [0.25, 0.3) is 5.69 Å². The Bertz CT molecular complexity index is 1330. The number of nitrogens with zero attached hydrogens (tertiary/aromatic N) is 5. The van der Waals surface area contributed by atoms with E-state index in [1.54, 1.807) is 11.8 Å². The summed E-state index contributed by atoms with van der Waals surface area (Å²) in [6.07, 6.45) is 4.20. The van der Waals surface area contributed by atoms with Crippen LogP contribution in [0.1, 0.15) is 46.6 Å². The molecule has 8 heteroatoms. The van der Waals surface area contributed by atoms with Crippen molar-refractivity contribution in [2.24, 2.45) is 0 Å². The summed E-state index contributed by atoms with van der Waals surface area (Å²) >= 11 is 0. The van der Waals surface area contributed by atoms with E-state index >= 15 is 0 Å². The lowest BCUT2D eigenvalue weighted by molar-refractivity contribution is 0.0362. The fraction of sp³-hybridized carbons (Fsp3) is 0.414. The summed E-state index contributed by atoms with van der Waals surface area (Å²) < 4.78 is 12.3. The summed E-state index contributed by atoms with van der Waals surface area (Å²) in [4.78, 5) is 18.1. The second-order valence-electron chi connectivity index (χ2n) is 10.1. The lowest BCUT2D eigenvalue weighted by Gasteiger charge is -2.29. The van der Waals surface area contributed by atoms with E-state index in [-0.39, 0.29) is 11.3 Å². The van der Waals surface area contributed by atoms with Crippen molar-refractivity contribution in [2.45, 2.75) is 31.1 Å². The maximum Gasteiger partial charge on any atom is 0.277 e. The highest BCUT2D eigenvalue weighted by atomic mass is 16.5. The van der Waals surface area contributed by atoms with Crippen LogP contribution in [-0.4, -0.2) is 67.1 Å². The number of amides is 1. The lowest BCUT2D eigenvalue weighted by Crippen LogP contribution is -2.39. The molecule has 0 unspecified atom stereocenters. The molecule has 1 amide bonds. The van der Waals surface area contributed by atoms with E-state index < -0.39 is 0 Å². The van der Waals surface area contributed by atoms with Crippen LogP contribution in [0.4, 0.5) is 5.69 Å². The third kappa shape index (κ3) is 4.39. The molecule has 190 valence electrons. The van der Waals surface area contributed by atoms with E-state index in [1.807, 2.05) is 29.2 Å². The molecular formula is C29H31N5O3. The number of hydrogen-bond acceptors (Lipinski definition) is 6. The number of ether oxygens (including phenoxy) is 2. The predicted molar refractivity (Wildman–Crippen MR) is 139 cm³/mol. The van der Waals surface area contributed by atoms with Gasteiger partial charge in [-0.1, -0.05) is 12.1 Å². The number of nitriles is 1. The Labute approximate surface area is 217 Å². The minimum atomic E-state index is -0.132. The molecule has 3 aliphatic rings. The van der Waals surface area contributed by atoms with Gasteiger partial charge in [0.1, 0.15) is 17.5 Å². The summed E-state index contributed by atoms with van der Waals surface area (Å²) in [5.41, 5.74) is 4.72. The average molecular weight is 498 g/mol. The largest absolute Gasteiger partial charge is 0.497 e. The Morgan fingerprint density at radius 1 is 1.03 bits per heavy atom. The molecule has 6 rings (SSSR count). The zero-order valence-electron chi connectivity index (χ0n) is 21.2. The van der Waals surface area contributed by atoms with Crippen LogP contribution in [0.5, 0.6) is 5.75 Å². The van der Waals surface area contributed by atoms with E-state index in [4.69, 9.17) is 9.47 Å². The maximum atomic E-state index is 13.8. The Morgan fingerprint density at radius 3 is 2.38 bits per heavy atom. The molecule has 2 aromatic carbocycles. The average Bonchev–Trinajstić information content (AvgIpc) is 3.65. The molecule has 0 spiro atoms. The summed E-state index contributed by atoms with van der Waals surface area (Å²) in [5.74, 6) is 0.587. The molecule has 2 aliphatic heterocycles. The predicted octanol–water partition coefficient (Wildman–Crippen LogP) is 3.71. The highest BCUT2D eigenvalue weighted by molar-refractivity contribution is 6.07. The highest BCUT2D eigenvalue weighted by Gasteiger charge is 2.44. The first-order chi connectivity index (χ1) is 18.1. The first kappa shape index (κ1) is 23.7. The minimum absolute atomic E-state index is 0.132. The summed E-state index contributed by atoms with van der Waals surface area (Å²) in [6, 6.07) is 18.1. The van der Waals surface area contributed by atoms with Crippen molar-refractivity contribution in [3.05, 3.63) is 71.0 Å². The van der Waals surface area contributed by atoms with E-state index in [9.17, 15) is 10.1 Å². The van der Waals surface area contributed by atoms with Crippen molar-refractivity contribution in [1.29, 1.82) is 5.26 Å². The number of morpholine rings is 1. The molecule has 1 aromatic heterocycles. The second kappa shape index (κ2) is 9.66. The number of carbonyl (C=O) groups is 1. The summed E-state index contributed by atoms with van der Waals surface area (Å²) in [7, 11) is 1.61. The van der Waals surface area contributed by atoms with Gasteiger partial charge in [-0.25, -0.2) is 4.68 Å². The van der Waals surface area contributed by atoms with Crippen molar-refractivity contribution >= 4 is 11.6 Å². The van der Waals surface area contributed by atoms with Gasteiger partial charge in [0, 0.05) is 30.9 Å². The van der Waals surface area contributed by atoms with E-state index in [0.29, 0.717) is 24.4 Å². The van der Waals surface area contributed by atoms with Gasteiger partial charge in [-0.3, -0.25) is 9.69 Å². The van der Waals surface area contributed by atoms with Crippen molar-refractivity contribution in [3.63, 3.8) is 0 Å². The van der Waals surface area contributed by atoms with Gasteiger partial charge < -0.3 is 14.4 Å². The first-order valence-electron chi connectivity index (χ1n) is 13.0. The van der Waals surface area contributed by atoms with Gasteiger partial charge in [0.2, 0.25) is 0 Å². The van der Waals surface area contributed by atoms with Gasteiger partial charge in [-0.2, -0.15) is 10.4 Å². The molecule has 2 fully saturated rings. The number of fused-ring (bicyclic) bond motifs is 1. The van der Waals surface area contributed by atoms with Crippen LogP contribution in [0.2, 0.25) is 0 Å². The maximum absolute atomic E-state index is 13.8. The molecule has 0 atom stereocenters. The Morgan fingerprint density at radius 2 is 1.73 bits per heavy atom. The second-order valence-corrected chi connectivity index (χ2v) is 10.1. The molecule has 0 radical (unpaired) electrons. The molecule has 8 nitrogen and oxygen atoms in total. The molecule has 1 saturated heterocycles. The number of anilines is 1. The fourth-order valence-corrected chi connectivity index (χ4v) is 5.63. The normalized spacial score (nSPS) is 18.8. The van der Waals surface area contributed by atoms with Crippen LogP contribution >= 0.6 is 0 Å². The topological polar surface area (TPSA) is 83.6 Å². The SMILES string of the molecule is COc1ccc(-n2nc(C#N)c3c2C(=O)N(c2ccc(C4(CCN5CCOCC5)CC4)cc2)CC3)cc1. The Kier molecular flexibility index (Phi) is 6.19. The zero-order valence-corrected chi connectivity index (χ0v) is 21.2. The van der Waals surface area contributed by atoms with Gasteiger partial charge in [-0.05, 0) is 79.6 Å². The first-order valence-corrected chi connectivity index (χ1v) is 13.0. The highest BCUT2D eigenvalue weighted by Crippen LogP contribution is 2.51. The third-order valence-corrected chi connectivity index (χ3v) is 8.09. The van der Waals surface area contributed by atoms with Gasteiger partial charge in [0.25, 0.3) is 5.91 Å². The zero-order chi connectivity index (χ0) is 25.4. The number of aromatic nitrogens is 2. The number of methoxy groups -OCH3 is 1. The molecular weight excluding hydrogens is 466 g/mol. The molecule has 1 aliphatic carbocycles. The molecule has 3 aromatic rings. The smallest absolute Gasteiger partial charge is 0.277 e. The number of hydrogen-bond donors (Lipinski definition) is 0. The number of carbonyl (C=O) groups excluding carboxylic acids is 1. The summed E-state index contributed by atoms with van der Waals surface area (Å²) in [5, 5.41) is 14.1. The van der Waals surface area contributed by atoms with Gasteiger partial charge >= 0.3 is 0 Å². The molecule has 0 bridgehead atoms. The standard InChI is InChI=1S/C29H31N5O3/c1-36-24-8-6-23(7-9-24)34-27-25(26(20-30)31-34)10-14-33(28(27)35)22-4-2-21(3-5-22)29(11-12-29)13-15-32-16-18-37-19-17-32/h2-9H,10-19H2,1H3. The monoisotopic (exact) mass is 497 g/mol.